The topological polar surface area (TPSA) is 75.3 Å². The van der Waals surface area contributed by atoms with Crippen LogP contribution < -0.4 is 10.0 Å². The third kappa shape index (κ3) is 5.01. The predicted molar refractivity (Wildman–Crippen MR) is 121 cm³/mol. The molecule has 0 aliphatic carbocycles. The van der Waals surface area contributed by atoms with Crippen molar-refractivity contribution in [3.8, 4) is 0 Å². The van der Waals surface area contributed by atoms with Gasteiger partial charge in [-0.15, -0.1) is 0 Å². The van der Waals surface area contributed by atoms with Gasteiger partial charge in [-0.25, -0.2) is 8.42 Å². The van der Waals surface area contributed by atoms with Crippen LogP contribution in [0.25, 0.3) is 0 Å². The summed E-state index contributed by atoms with van der Waals surface area (Å²) in [5.41, 5.74) is 3.97. The second-order valence-corrected chi connectivity index (χ2v) is 9.24. The number of amides is 1. The van der Waals surface area contributed by atoms with Gasteiger partial charge in [-0.3, -0.25) is 9.52 Å². The fourth-order valence-corrected chi connectivity index (χ4v) is 4.68. The SMILES string of the molecule is Cc1ccc(NS(=O)(=O)c2cc(C(=O)NCc3ccccc3Cl)ccc2C)c(C)c1. The van der Waals surface area contributed by atoms with Crippen molar-refractivity contribution in [2.45, 2.75) is 32.2 Å². The van der Waals surface area contributed by atoms with Crippen LogP contribution in [0.1, 0.15) is 32.6 Å². The number of nitrogens with one attached hydrogen (secondary N) is 2. The zero-order valence-corrected chi connectivity index (χ0v) is 18.6. The van der Waals surface area contributed by atoms with E-state index in [1.807, 2.05) is 44.2 Å². The van der Waals surface area contributed by atoms with Crippen LogP contribution in [0, 0.1) is 20.8 Å². The number of halogens is 1. The lowest BCUT2D eigenvalue weighted by molar-refractivity contribution is 0.0950. The van der Waals surface area contributed by atoms with Crippen LogP contribution in [-0.2, 0) is 16.6 Å². The first-order valence-electron chi connectivity index (χ1n) is 9.40. The summed E-state index contributed by atoms with van der Waals surface area (Å²) in [6.45, 7) is 5.73. The van der Waals surface area contributed by atoms with Crippen LogP contribution in [0.2, 0.25) is 5.02 Å². The molecule has 156 valence electrons. The highest BCUT2D eigenvalue weighted by Gasteiger charge is 2.20. The molecule has 0 aromatic heterocycles. The van der Waals surface area contributed by atoms with Crippen molar-refractivity contribution in [3.05, 3.63) is 93.5 Å². The maximum atomic E-state index is 13.0. The van der Waals surface area contributed by atoms with Gasteiger partial charge in [-0.05, 0) is 61.7 Å². The van der Waals surface area contributed by atoms with E-state index in [1.54, 1.807) is 31.2 Å². The van der Waals surface area contributed by atoms with E-state index in [4.69, 9.17) is 11.6 Å². The molecule has 0 atom stereocenters. The molecule has 0 spiro atoms. The van der Waals surface area contributed by atoms with Crippen molar-refractivity contribution in [1.29, 1.82) is 0 Å². The number of sulfonamides is 1. The second kappa shape index (κ2) is 8.90. The third-order valence-corrected chi connectivity index (χ3v) is 6.64. The number of hydrogen-bond donors (Lipinski definition) is 2. The van der Waals surface area contributed by atoms with Gasteiger partial charge in [0.2, 0.25) is 0 Å². The van der Waals surface area contributed by atoms with Crippen LogP contribution in [-0.4, -0.2) is 14.3 Å². The van der Waals surface area contributed by atoms with Crippen molar-refractivity contribution in [2.24, 2.45) is 0 Å². The quantitative estimate of drug-likeness (QED) is 0.564. The first-order valence-corrected chi connectivity index (χ1v) is 11.3. The van der Waals surface area contributed by atoms with Gasteiger partial charge in [0.15, 0.2) is 0 Å². The Kier molecular flexibility index (Phi) is 6.48. The first-order chi connectivity index (χ1) is 14.2. The van der Waals surface area contributed by atoms with Gasteiger partial charge in [0.1, 0.15) is 0 Å². The van der Waals surface area contributed by atoms with Gasteiger partial charge in [-0.1, -0.05) is 53.6 Å². The Morgan fingerprint density at radius 1 is 0.933 bits per heavy atom. The molecular weight excluding hydrogens is 420 g/mol. The Morgan fingerprint density at radius 2 is 1.67 bits per heavy atom. The average molecular weight is 443 g/mol. The van der Waals surface area contributed by atoms with Crippen LogP contribution in [0.3, 0.4) is 0 Å². The van der Waals surface area contributed by atoms with Crippen molar-refractivity contribution in [2.75, 3.05) is 4.72 Å². The molecular formula is C23H23ClN2O3S. The van der Waals surface area contributed by atoms with Crippen molar-refractivity contribution in [1.82, 2.24) is 5.32 Å². The molecule has 0 aliphatic rings. The van der Waals surface area contributed by atoms with Gasteiger partial charge in [0, 0.05) is 17.1 Å². The molecule has 2 N–H and O–H groups in total. The third-order valence-electron chi connectivity index (χ3n) is 4.76. The Labute approximate surface area is 182 Å². The molecule has 0 saturated heterocycles. The Bertz CT molecular complexity index is 1210. The number of aryl methyl sites for hydroxylation is 3. The van der Waals surface area contributed by atoms with Crippen LogP contribution >= 0.6 is 11.6 Å². The van der Waals surface area contributed by atoms with E-state index < -0.39 is 10.0 Å². The summed E-state index contributed by atoms with van der Waals surface area (Å²) in [4.78, 5) is 12.7. The van der Waals surface area contributed by atoms with Crippen molar-refractivity contribution >= 4 is 33.2 Å². The summed E-state index contributed by atoms with van der Waals surface area (Å²) in [6, 6.07) is 17.3. The molecule has 7 heteroatoms. The number of carbonyl (C=O) groups excluding carboxylic acids is 1. The van der Waals surface area contributed by atoms with Gasteiger partial charge < -0.3 is 5.32 Å². The zero-order valence-electron chi connectivity index (χ0n) is 17.0. The molecule has 3 aromatic carbocycles. The van der Waals surface area contributed by atoms with Gasteiger partial charge in [0.05, 0.1) is 10.6 Å². The molecule has 0 unspecified atom stereocenters. The average Bonchev–Trinajstić information content (AvgIpc) is 2.69. The molecule has 0 fully saturated rings. The first kappa shape index (κ1) is 21.9. The van der Waals surface area contributed by atoms with Gasteiger partial charge in [0.25, 0.3) is 15.9 Å². The smallest absolute Gasteiger partial charge is 0.262 e. The molecule has 3 aromatic rings. The van der Waals surface area contributed by atoms with E-state index in [-0.39, 0.29) is 22.9 Å². The maximum absolute atomic E-state index is 13.0. The number of anilines is 1. The fraction of sp³-hybridized carbons (Fsp3) is 0.174. The van der Waals surface area contributed by atoms with E-state index in [0.29, 0.717) is 16.3 Å². The minimum atomic E-state index is -3.86. The molecule has 0 saturated carbocycles. The molecule has 0 heterocycles. The maximum Gasteiger partial charge on any atom is 0.262 e. The lowest BCUT2D eigenvalue weighted by atomic mass is 10.1. The summed E-state index contributed by atoms with van der Waals surface area (Å²) in [6.07, 6.45) is 0. The summed E-state index contributed by atoms with van der Waals surface area (Å²) in [7, 11) is -3.86. The number of benzene rings is 3. The summed E-state index contributed by atoms with van der Waals surface area (Å²) < 4.78 is 28.6. The van der Waals surface area contributed by atoms with Crippen molar-refractivity contribution < 1.29 is 13.2 Å². The van der Waals surface area contributed by atoms with Crippen LogP contribution in [0.5, 0.6) is 0 Å². The highest BCUT2D eigenvalue weighted by Crippen LogP contribution is 2.24. The normalized spacial score (nSPS) is 11.2. The van der Waals surface area contributed by atoms with E-state index in [1.165, 1.54) is 6.07 Å². The summed E-state index contributed by atoms with van der Waals surface area (Å²) in [5.74, 6) is -0.377. The number of carbonyl (C=O) groups is 1. The molecule has 3 rings (SSSR count). The summed E-state index contributed by atoms with van der Waals surface area (Å²) in [5, 5.41) is 3.34. The molecule has 1 amide bonds. The van der Waals surface area contributed by atoms with E-state index in [2.05, 4.69) is 10.0 Å². The Morgan fingerprint density at radius 3 is 2.37 bits per heavy atom. The van der Waals surface area contributed by atoms with E-state index in [0.717, 1.165) is 16.7 Å². The molecule has 30 heavy (non-hydrogen) atoms. The van der Waals surface area contributed by atoms with E-state index >= 15 is 0 Å². The predicted octanol–water partition coefficient (Wildman–Crippen LogP) is 5.00. The lowest BCUT2D eigenvalue weighted by Crippen LogP contribution is -2.24. The zero-order chi connectivity index (χ0) is 21.9. The number of rotatable bonds is 6. The highest BCUT2D eigenvalue weighted by atomic mass is 35.5. The number of hydrogen-bond acceptors (Lipinski definition) is 3. The van der Waals surface area contributed by atoms with E-state index in [9.17, 15) is 13.2 Å². The molecule has 5 nitrogen and oxygen atoms in total. The van der Waals surface area contributed by atoms with Gasteiger partial charge in [-0.2, -0.15) is 0 Å². The minimum Gasteiger partial charge on any atom is -0.348 e. The van der Waals surface area contributed by atoms with Gasteiger partial charge >= 0.3 is 0 Å². The lowest BCUT2D eigenvalue weighted by Gasteiger charge is -2.14. The molecule has 0 bridgehead atoms. The fourth-order valence-electron chi connectivity index (χ4n) is 3.08. The molecule has 0 radical (unpaired) electrons. The molecule has 0 aliphatic heterocycles. The highest BCUT2D eigenvalue weighted by molar-refractivity contribution is 7.92. The standard InChI is InChI=1S/C23H23ClN2O3S/c1-15-8-11-21(17(3)12-15)26-30(28,29)22-13-18(10-9-16(22)2)23(27)25-14-19-6-4-5-7-20(19)24/h4-13,26H,14H2,1-3H3,(H,25,27). The van der Waals surface area contributed by atoms with Crippen LogP contribution in [0.4, 0.5) is 5.69 Å². The Balaban J connectivity index is 1.83. The second-order valence-electron chi connectivity index (χ2n) is 7.18. The minimum absolute atomic E-state index is 0.0628. The summed E-state index contributed by atoms with van der Waals surface area (Å²) >= 11 is 6.12. The van der Waals surface area contributed by atoms with Crippen LogP contribution in [0.15, 0.2) is 65.6 Å². The largest absolute Gasteiger partial charge is 0.348 e. The monoisotopic (exact) mass is 442 g/mol. The van der Waals surface area contributed by atoms with Crippen molar-refractivity contribution in [3.63, 3.8) is 0 Å². The Hall–Kier alpha value is -2.83.